The normalized spacial score (nSPS) is 12.0. The number of hydrogen-bond acceptors (Lipinski definition) is 3. The Labute approximate surface area is 158 Å². The highest BCUT2D eigenvalue weighted by atomic mass is 79.9. The lowest BCUT2D eigenvalue weighted by atomic mass is 10.1. The lowest BCUT2D eigenvalue weighted by Crippen LogP contribution is -2.28. The molecule has 2 aromatic carbocycles. The molecule has 1 unspecified atom stereocenters. The summed E-state index contributed by atoms with van der Waals surface area (Å²) in [6, 6.07) is 14.1. The van der Waals surface area contributed by atoms with Gasteiger partial charge in [-0.1, -0.05) is 40.2 Å². The summed E-state index contributed by atoms with van der Waals surface area (Å²) in [6.45, 7) is 1.94. The third-order valence-electron chi connectivity index (χ3n) is 3.71. The number of thiazole rings is 1. The molecule has 1 N–H and O–H groups in total. The summed E-state index contributed by atoms with van der Waals surface area (Å²) in [5.74, 6) is -0.387. The molecular formula is C19H16BrFN2OS. The second kappa shape index (κ2) is 7.89. The zero-order valence-corrected chi connectivity index (χ0v) is 15.9. The van der Waals surface area contributed by atoms with Gasteiger partial charge in [0.2, 0.25) is 5.91 Å². The van der Waals surface area contributed by atoms with Crippen molar-refractivity contribution in [3.63, 3.8) is 0 Å². The van der Waals surface area contributed by atoms with Gasteiger partial charge >= 0.3 is 0 Å². The summed E-state index contributed by atoms with van der Waals surface area (Å²) >= 11 is 4.80. The van der Waals surface area contributed by atoms with Crippen LogP contribution in [-0.4, -0.2) is 10.9 Å². The van der Waals surface area contributed by atoms with E-state index in [4.69, 9.17) is 0 Å². The molecule has 0 saturated heterocycles. The number of carbonyl (C=O) groups excluding carboxylic acids is 1. The van der Waals surface area contributed by atoms with Crippen LogP contribution >= 0.6 is 27.3 Å². The highest BCUT2D eigenvalue weighted by Gasteiger charge is 2.13. The van der Waals surface area contributed by atoms with E-state index < -0.39 is 0 Å². The Morgan fingerprint density at radius 2 is 2.04 bits per heavy atom. The van der Waals surface area contributed by atoms with Crippen molar-refractivity contribution >= 4 is 33.2 Å². The van der Waals surface area contributed by atoms with Gasteiger partial charge in [0.25, 0.3) is 0 Å². The summed E-state index contributed by atoms with van der Waals surface area (Å²) in [7, 11) is 0. The van der Waals surface area contributed by atoms with Crippen molar-refractivity contribution in [2.45, 2.75) is 19.4 Å². The predicted octanol–water partition coefficient (Wildman–Crippen LogP) is 5.13. The van der Waals surface area contributed by atoms with Gasteiger partial charge < -0.3 is 5.32 Å². The van der Waals surface area contributed by atoms with Gasteiger partial charge in [-0.15, -0.1) is 11.3 Å². The lowest BCUT2D eigenvalue weighted by Gasteiger charge is -2.14. The minimum Gasteiger partial charge on any atom is -0.349 e. The summed E-state index contributed by atoms with van der Waals surface area (Å²) in [5.41, 5.74) is 2.44. The van der Waals surface area contributed by atoms with E-state index in [2.05, 4.69) is 26.2 Å². The Morgan fingerprint density at radius 3 is 2.76 bits per heavy atom. The number of benzene rings is 2. The predicted molar refractivity (Wildman–Crippen MR) is 102 cm³/mol. The van der Waals surface area contributed by atoms with Crippen LogP contribution in [0.25, 0.3) is 10.6 Å². The van der Waals surface area contributed by atoms with Crippen LogP contribution in [0.4, 0.5) is 4.39 Å². The van der Waals surface area contributed by atoms with E-state index in [9.17, 15) is 9.18 Å². The Morgan fingerprint density at radius 1 is 1.28 bits per heavy atom. The minimum atomic E-state index is -0.296. The van der Waals surface area contributed by atoms with Gasteiger partial charge in [0.15, 0.2) is 0 Å². The Bertz CT molecular complexity index is 879. The fourth-order valence-corrected chi connectivity index (χ4v) is 3.52. The Kier molecular flexibility index (Phi) is 5.60. The zero-order valence-electron chi connectivity index (χ0n) is 13.5. The lowest BCUT2D eigenvalue weighted by molar-refractivity contribution is -0.121. The topological polar surface area (TPSA) is 42.0 Å². The van der Waals surface area contributed by atoms with E-state index in [-0.39, 0.29) is 24.2 Å². The van der Waals surface area contributed by atoms with E-state index in [0.29, 0.717) is 10.7 Å². The molecule has 3 aromatic rings. The Balaban J connectivity index is 1.62. The third-order valence-corrected chi connectivity index (χ3v) is 5.18. The second-order valence-electron chi connectivity index (χ2n) is 5.67. The molecule has 1 amide bonds. The van der Waals surface area contributed by atoms with E-state index in [1.807, 2.05) is 36.6 Å². The van der Waals surface area contributed by atoms with E-state index in [0.717, 1.165) is 15.6 Å². The van der Waals surface area contributed by atoms with E-state index in [1.165, 1.54) is 23.5 Å². The van der Waals surface area contributed by atoms with Gasteiger partial charge in [-0.05, 0) is 36.8 Å². The number of nitrogens with zero attached hydrogens (tertiary/aromatic N) is 1. The minimum absolute atomic E-state index is 0.0816. The van der Waals surface area contributed by atoms with Crippen LogP contribution in [0, 0.1) is 5.82 Å². The molecular weight excluding hydrogens is 403 g/mol. The molecule has 3 nitrogen and oxygen atoms in total. The van der Waals surface area contributed by atoms with Gasteiger partial charge in [-0.3, -0.25) is 4.79 Å². The number of rotatable bonds is 5. The maximum absolute atomic E-state index is 13.3. The number of hydrogen-bond donors (Lipinski definition) is 1. The zero-order chi connectivity index (χ0) is 17.8. The van der Waals surface area contributed by atoms with Crippen molar-refractivity contribution < 1.29 is 9.18 Å². The molecule has 0 fully saturated rings. The van der Waals surface area contributed by atoms with Crippen molar-refractivity contribution in [3.8, 4) is 10.6 Å². The van der Waals surface area contributed by atoms with Crippen molar-refractivity contribution in [1.82, 2.24) is 10.3 Å². The second-order valence-corrected chi connectivity index (χ2v) is 7.45. The van der Waals surface area contributed by atoms with Gasteiger partial charge in [0.05, 0.1) is 18.2 Å². The van der Waals surface area contributed by atoms with Gasteiger partial charge in [-0.2, -0.15) is 0 Å². The largest absolute Gasteiger partial charge is 0.349 e. The number of carbonyl (C=O) groups is 1. The molecule has 0 aliphatic heterocycles. The molecule has 0 spiro atoms. The van der Waals surface area contributed by atoms with Crippen LogP contribution in [0.5, 0.6) is 0 Å². The molecule has 0 radical (unpaired) electrons. The van der Waals surface area contributed by atoms with Crippen LogP contribution < -0.4 is 5.32 Å². The van der Waals surface area contributed by atoms with Gasteiger partial charge in [-0.25, -0.2) is 9.37 Å². The monoisotopic (exact) mass is 418 g/mol. The quantitative estimate of drug-likeness (QED) is 0.623. The maximum Gasteiger partial charge on any atom is 0.226 e. The molecule has 1 atom stereocenters. The van der Waals surface area contributed by atoms with Crippen LogP contribution in [0.3, 0.4) is 0 Å². The fourth-order valence-electron chi connectivity index (χ4n) is 2.43. The van der Waals surface area contributed by atoms with Crippen molar-refractivity contribution in [1.29, 1.82) is 0 Å². The number of aromatic nitrogens is 1. The highest BCUT2D eigenvalue weighted by molar-refractivity contribution is 9.10. The summed E-state index contributed by atoms with van der Waals surface area (Å²) in [4.78, 5) is 16.7. The first-order valence-electron chi connectivity index (χ1n) is 7.76. The molecule has 25 heavy (non-hydrogen) atoms. The van der Waals surface area contributed by atoms with Crippen molar-refractivity contribution in [2.75, 3.05) is 0 Å². The van der Waals surface area contributed by atoms with Crippen LogP contribution in [0.15, 0.2) is 58.4 Å². The number of halogens is 2. The first kappa shape index (κ1) is 17.8. The molecule has 0 aliphatic carbocycles. The maximum atomic E-state index is 13.3. The summed E-state index contributed by atoms with van der Waals surface area (Å²) in [5, 5.41) is 5.52. The SMILES string of the molecule is CC(NC(=O)Cc1csc(-c2cccc(F)c2)n1)c1ccc(Br)cc1. The Hall–Kier alpha value is -2.05. The highest BCUT2D eigenvalue weighted by Crippen LogP contribution is 2.24. The van der Waals surface area contributed by atoms with E-state index in [1.54, 1.807) is 12.1 Å². The number of nitrogens with one attached hydrogen (secondary N) is 1. The van der Waals surface area contributed by atoms with Crippen LogP contribution in [0.1, 0.15) is 24.2 Å². The molecule has 1 heterocycles. The van der Waals surface area contributed by atoms with Crippen LogP contribution in [-0.2, 0) is 11.2 Å². The van der Waals surface area contributed by atoms with Crippen molar-refractivity contribution in [2.24, 2.45) is 0 Å². The van der Waals surface area contributed by atoms with Crippen LogP contribution in [0.2, 0.25) is 0 Å². The molecule has 6 heteroatoms. The number of amides is 1. The smallest absolute Gasteiger partial charge is 0.226 e. The first-order valence-corrected chi connectivity index (χ1v) is 9.43. The summed E-state index contributed by atoms with van der Waals surface area (Å²) < 4.78 is 14.3. The molecule has 1 aromatic heterocycles. The average Bonchev–Trinajstić information content (AvgIpc) is 3.03. The molecule has 0 bridgehead atoms. The molecule has 3 rings (SSSR count). The third kappa shape index (κ3) is 4.74. The standard InChI is InChI=1S/C19H16BrFN2OS/c1-12(13-5-7-15(20)8-6-13)22-18(24)10-17-11-25-19(23-17)14-3-2-4-16(21)9-14/h2-9,11-12H,10H2,1H3,(H,22,24). The molecule has 0 saturated carbocycles. The van der Waals surface area contributed by atoms with Gasteiger partial charge in [0, 0.05) is 15.4 Å². The summed E-state index contributed by atoms with van der Waals surface area (Å²) in [6.07, 6.45) is 0.201. The average molecular weight is 419 g/mol. The molecule has 128 valence electrons. The first-order chi connectivity index (χ1) is 12.0. The molecule has 0 aliphatic rings. The fraction of sp³-hybridized carbons (Fsp3) is 0.158. The van der Waals surface area contributed by atoms with E-state index >= 15 is 0 Å². The van der Waals surface area contributed by atoms with Gasteiger partial charge in [0.1, 0.15) is 10.8 Å². The van der Waals surface area contributed by atoms with Crippen molar-refractivity contribution in [3.05, 3.63) is 75.5 Å².